The molecule has 0 radical (unpaired) electrons. The van der Waals surface area contributed by atoms with Gasteiger partial charge in [0.2, 0.25) is 5.91 Å². The van der Waals surface area contributed by atoms with E-state index in [4.69, 9.17) is 9.47 Å². The molecule has 1 aliphatic rings. The van der Waals surface area contributed by atoms with Gasteiger partial charge in [-0.1, -0.05) is 289 Å². The minimum Gasteiger partial charge on any atom is -0.394 e. The molecule has 76 heavy (non-hydrogen) atoms. The van der Waals surface area contributed by atoms with Crippen molar-refractivity contribution in [1.29, 1.82) is 0 Å². The van der Waals surface area contributed by atoms with Crippen LogP contribution in [0.3, 0.4) is 0 Å². The Hall–Kier alpha value is -1.42. The van der Waals surface area contributed by atoms with Gasteiger partial charge in [-0.15, -0.1) is 0 Å². The second kappa shape index (κ2) is 52.9. The number of carbonyl (C=O) groups is 1. The van der Waals surface area contributed by atoms with Crippen molar-refractivity contribution in [2.75, 3.05) is 13.2 Å². The summed E-state index contributed by atoms with van der Waals surface area (Å²) < 4.78 is 48.0. The molecule has 0 aromatic rings. The molecule has 0 spiro atoms. The van der Waals surface area contributed by atoms with Crippen molar-refractivity contribution >= 4 is 16.3 Å². The van der Waals surface area contributed by atoms with E-state index < -0.39 is 59.9 Å². The zero-order chi connectivity index (χ0) is 55.4. The maximum atomic E-state index is 13.2. The molecule has 450 valence electrons. The summed E-state index contributed by atoms with van der Waals surface area (Å²) in [6.07, 6.45) is 57.7. The molecular formula is C63H121NO11S. The van der Waals surface area contributed by atoms with Gasteiger partial charge < -0.3 is 35.2 Å². The van der Waals surface area contributed by atoms with Gasteiger partial charge in [0.1, 0.15) is 24.4 Å². The Morgan fingerprint density at radius 2 is 0.882 bits per heavy atom. The molecule has 12 nitrogen and oxygen atoms in total. The molecule has 13 heteroatoms. The van der Waals surface area contributed by atoms with E-state index in [1.54, 1.807) is 0 Å². The van der Waals surface area contributed by atoms with Gasteiger partial charge in [-0.3, -0.25) is 9.35 Å². The van der Waals surface area contributed by atoms with Crippen LogP contribution in [0.4, 0.5) is 0 Å². The second-order valence-electron chi connectivity index (χ2n) is 22.7. The van der Waals surface area contributed by atoms with E-state index in [1.807, 2.05) is 0 Å². The lowest BCUT2D eigenvalue weighted by molar-refractivity contribution is -0.298. The molecule has 1 heterocycles. The van der Waals surface area contributed by atoms with Crippen LogP contribution < -0.4 is 5.32 Å². The van der Waals surface area contributed by atoms with Crippen LogP contribution in [0.15, 0.2) is 24.3 Å². The molecule has 0 aliphatic carbocycles. The second-order valence-corrected chi connectivity index (χ2v) is 23.8. The molecule has 1 fully saturated rings. The van der Waals surface area contributed by atoms with E-state index in [1.165, 1.54) is 231 Å². The van der Waals surface area contributed by atoms with Crippen LogP contribution in [0.5, 0.6) is 0 Å². The molecule has 1 amide bonds. The Morgan fingerprint density at radius 3 is 1.25 bits per heavy atom. The SMILES string of the molecule is CCCCCCCCCCC/C=C\C/C=C\CCCCCCCCCCCCCCCCCC(=O)NC(COC1OC(CO)C(O)C(OS(=O)(=O)O)C1O)C(O)CCCCCCCCCCCCCCCCCCCC. The Labute approximate surface area is 467 Å². The van der Waals surface area contributed by atoms with Gasteiger partial charge in [-0.25, -0.2) is 4.18 Å². The smallest absolute Gasteiger partial charge is 0.394 e. The molecule has 1 aliphatic heterocycles. The lowest BCUT2D eigenvalue weighted by atomic mass is 9.99. The lowest BCUT2D eigenvalue weighted by Gasteiger charge is -2.41. The summed E-state index contributed by atoms with van der Waals surface area (Å²) in [6, 6.07) is -0.858. The van der Waals surface area contributed by atoms with Crippen LogP contribution in [0.25, 0.3) is 0 Å². The number of hydrogen-bond acceptors (Lipinski definition) is 10. The summed E-state index contributed by atoms with van der Waals surface area (Å²) in [4.78, 5) is 13.2. The maximum absolute atomic E-state index is 13.2. The Bertz CT molecular complexity index is 1430. The first kappa shape index (κ1) is 72.6. The number of nitrogens with one attached hydrogen (secondary N) is 1. The molecule has 0 bridgehead atoms. The minimum absolute atomic E-state index is 0.225. The average molecular weight is 1100 g/mol. The number of ether oxygens (including phenoxy) is 2. The van der Waals surface area contributed by atoms with Crippen molar-refractivity contribution in [2.24, 2.45) is 0 Å². The number of amides is 1. The summed E-state index contributed by atoms with van der Waals surface area (Å²) in [5.74, 6) is -0.225. The number of rotatable bonds is 57. The summed E-state index contributed by atoms with van der Waals surface area (Å²) in [6.45, 7) is 3.50. The first-order chi connectivity index (χ1) is 37.0. The number of aliphatic hydroxyl groups excluding tert-OH is 4. The topological polar surface area (TPSA) is 192 Å². The molecule has 6 N–H and O–H groups in total. The minimum atomic E-state index is -5.08. The van der Waals surface area contributed by atoms with E-state index in [9.17, 15) is 38.2 Å². The van der Waals surface area contributed by atoms with Gasteiger partial charge >= 0.3 is 10.4 Å². The van der Waals surface area contributed by atoms with Crippen LogP contribution in [0, 0.1) is 0 Å². The van der Waals surface area contributed by atoms with E-state index in [-0.39, 0.29) is 12.5 Å². The van der Waals surface area contributed by atoms with Crippen LogP contribution in [-0.2, 0) is 28.9 Å². The van der Waals surface area contributed by atoms with Crippen molar-refractivity contribution in [3.8, 4) is 0 Å². The average Bonchev–Trinajstić information content (AvgIpc) is 3.40. The standard InChI is InChI=1S/C63H121NO11S/c1-3-5-7-9-11-13-15-17-19-21-23-24-25-26-27-28-29-30-31-32-33-34-35-37-39-41-43-45-47-49-51-53-59(67)64-56(55-73-63-61(69)62(75-76(70,71)72)60(68)58(54-65)74-63)57(66)52-50-48-46-44-42-40-38-36-22-20-18-16-14-12-10-8-6-4-2/h23-24,26-27,56-58,60-63,65-66,68-69H,3-22,25,28-55H2,1-2H3,(H,64,67)(H,70,71,72)/b24-23-,27-26-. The van der Waals surface area contributed by atoms with E-state index in [0.717, 1.165) is 57.8 Å². The largest absolute Gasteiger partial charge is 0.397 e. The predicted octanol–water partition coefficient (Wildman–Crippen LogP) is 16.0. The summed E-state index contributed by atoms with van der Waals surface area (Å²) in [5, 5.41) is 45.2. The molecule has 1 rings (SSSR count). The van der Waals surface area contributed by atoms with Crippen molar-refractivity contribution in [1.82, 2.24) is 5.32 Å². The quantitative estimate of drug-likeness (QED) is 0.0193. The fourth-order valence-corrected chi connectivity index (χ4v) is 11.1. The van der Waals surface area contributed by atoms with Crippen LogP contribution >= 0.6 is 0 Å². The number of unbranched alkanes of at least 4 members (excludes halogenated alkanes) is 41. The Balaban J connectivity index is 2.25. The highest BCUT2D eigenvalue weighted by atomic mass is 32.3. The van der Waals surface area contributed by atoms with Gasteiger partial charge in [0.15, 0.2) is 6.29 Å². The molecule has 7 unspecified atom stereocenters. The Morgan fingerprint density at radius 1 is 0.526 bits per heavy atom. The van der Waals surface area contributed by atoms with Crippen LogP contribution in [-0.4, -0.2) is 95.4 Å². The normalized spacial score (nSPS) is 19.1. The van der Waals surface area contributed by atoms with Gasteiger partial charge in [0, 0.05) is 6.42 Å². The lowest BCUT2D eigenvalue weighted by Crippen LogP contribution is -2.61. The number of carbonyl (C=O) groups excluding carboxylic acids is 1. The van der Waals surface area contributed by atoms with Gasteiger partial charge in [0.25, 0.3) is 0 Å². The highest BCUT2D eigenvalue weighted by Gasteiger charge is 2.48. The summed E-state index contributed by atoms with van der Waals surface area (Å²) in [7, 11) is -5.08. The van der Waals surface area contributed by atoms with Crippen molar-refractivity contribution in [2.45, 2.75) is 358 Å². The summed E-state index contributed by atoms with van der Waals surface area (Å²) >= 11 is 0. The number of allylic oxidation sites excluding steroid dienone is 4. The molecular weight excluding hydrogens is 979 g/mol. The molecule has 0 saturated carbocycles. The molecule has 0 aromatic heterocycles. The third-order valence-electron chi connectivity index (χ3n) is 15.5. The molecule has 7 atom stereocenters. The third kappa shape index (κ3) is 44.3. The van der Waals surface area contributed by atoms with E-state index >= 15 is 0 Å². The van der Waals surface area contributed by atoms with E-state index in [2.05, 4.69) is 47.7 Å². The monoisotopic (exact) mass is 1100 g/mol. The van der Waals surface area contributed by atoms with Crippen LogP contribution in [0.2, 0.25) is 0 Å². The van der Waals surface area contributed by atoms with Crippen molar-refractivity contribution in [3.63, 3.8) is 0 Å². The fourth-order valence-electron chi connectivity index (χ4n) is 10.6. The Kier molecular flexibility index (Phi) is 50.6. The zero-order valence-electron chi connectivity index (χ0n) is 49.1. The first-order valence-corrected chi connectivity index (χ1v) is 33.6. The van der Waals surface area contributed by atoms with Crippen molar-refractivity contribution < 1.29 is 51.8 Å². The van der Waals surface area contributed by atoms with Gasteiger partial charge in [-0.2, -0.15) is 8.42 Å². The first-order valence-electron chi connectivity index (χ1n) is 32.2. The highest BCUT2D eigenvalue weighted by Crippen LogP contribution is 2.26. The summed E-state index contributed by atoms with van der Waals surface area (Å²) in [5.41, 5.74) is 0. The van der Waals surface area contributed by atoms with Gasteiger partial charge in [0.05, 0.1) is 25.4 Å². The zero-order valence-corrected chi connectivity index (χ0v) is 49.9. The van der Waals surface area contributed by atoms with Crippen LogP contribution in [0.1, 0.15) is 316 Å². The van der Waals surface area contributed by atoms with E-state index in [0.29, 0.717) is 12.8 Å². The van der Waals surface area contributed by atoms with Gasteiger partial charge in [-0.05, 0) is 44.9 Å². The highest BCUT2D eigenvalue weighted by molar-refractivity contribution is 7.80. The number of aliphatic hydroxyl groups is 4. The fraction of sp³-hybridized carbons (Fsp3) is 0.921. The maximum Gasteiger partial charge on any atom is 0.397 e. The van der Waals surface area contributed by atoms with Crippen molar-refractivity contribution in [3.05, 3.63) is 24.3 Å². The molecule has 0 aromatic carbocycles. The third-order valence-corrected chi connectivity index (χ3v) is 16.0. The number of hydrogen-bond donors (Lipinski definition) is 6. The predicted molar refractivity (Wildman–Crippen MR) is 315 cm³/mol. The molecule has 1 saturated heterocycles.